The Morgan fingerprint density at radius 3 is 1.92 bits per heavy atom. The van der Waals surface area contributed by atoms with Crippen molar-refractivity contribution in [1.82, 2.24) is 0 Å². The van der Waals surface area contributed by atoms with Crippen molar-refractivity contribution in [2.24, 2.45) is 0 Å². The van der Waals surface area contributed by atoms with E-state index in [1.165, 1.54) is 0 Å². The molecular formula is C10H22O2. The first-order valence-electron chi connectivity index (χ1n) is 4.81. The normalized spacial score (nSPS) is 33.5. The molecule has 0 aromatic carbocycles. The van der Waals surface area contributed by atoms with E-state index in [1.54, 1.807) is 0 Å². The van der Waals surface area contributed by atoms with E-state index in [-0.39, 0.29) is 17.8 Å². The van der Waals surface area contributed by atoms with Crippen LogP contribution in [0.4, 0.5) is 0 Å². The van der Waals surface area contributed by atoms with E-state index in [9.17, 15) is 0 Å². The van der Waals surface area contributed by atoms with Gasteiger partial charge in [-0.25, -0.2) is 0 Å². The summed E-state index contributed by atoms with van der Waals surface area (Å²) in [4.78, 5) is 0. The highest BCUT2D eigenvalue weighted by Crippen LogP contribution is 2.21. The Labute approximate surface area is 76.3 Å². The minimum atomic E-state index is -0.0913. The van der Waals surface area contributed by atoms with Crippen molar-refractivity contribution in [2.45, 2.75) is 59.4 Å². The van der Waals surface area contributed by atoms with Crippen molar-refractivity contribution in [2.75, 3.05) is 6.61 Å². The molecule has 1 heterocycles. The highest BCUT2D eigenvalue weighted by molar-refractivity contribution is 4.77. The van der Waals surface area contributed by atoms with Crippen molar-refractivity contribution >= 4 is 0 Å². The molecule has 1 saturated heterocycles. The Balaban J connectivity index is 0.000000561. The van der Waals surface area contributed by atoms with Gasteiger partial charge in [-0.05, 0) is 27.7 Å². The van der Waals surface area contributed by atoms with Crippen LogP contribution in [0.2, 0.25) is 0 Å². The zero-order valence-corrected chi connectivity index (χ0v) is 9.18. The summed E-state index contributed by atoms with van der Waals surface area (Å²) in [6.45, 7) is 12.9. The highest BCUT2D eigenvalue weighted by atomic mass is 16.6. The van der Waals surface area contributed by atoms with E-state index >= 15 is 0 Å². The van der Waals surface area contributed by atoms with Crippen LogP contribution >= 0.6 is 0 Å². The molecule has 0 aromatic rings. The lowest BCUT2D eigenvalue weighted by Crippen LogP contribution is -2.46. The molecule has 1 fully saturated rings. The number of ether oxygens (including phenoxy) is 2. The summed E-state index contributed by atoms with van der Waals surface area (Å²) in [6, 6.07) is 0. The first-order chi connectivity index (χ1) is 5.51. The second-order valence-electron chi connectivity index (χ2n) is 3.60. The lowest BCUT2D eigenvalue weighted by molar-refractivity contribution is -0.207. The molecule has 0 bridgehead atoms. The zero-order chi connectivity index (χ0) is 9.78. The minimum absolute atomic E-state index is 0.0913. The molecule has 0 aromatic heterocycles. The van der Waals surface area contributed by atoms with Crippen LogP contribution in [0.1, 0.15) is 41.5 Å². The van der Waals surface area contributed by atoms with Crippen LogP contribution < -0.4 is 0 Å². The van der Waals surface area contributed by atoms with Gasteiger partial charge in [0.25, 0.3) is 0 Å². The van der Waals surface area contributed by atoms with E-state index in [2.05, 4.69) is 13.8 Å². The van der Waals surface area contributed by atoms with Gasteiger partial charge in [-0.2, -0.15) is 0 Å². The molecule has 2 unspecified atom stereocenters. The van der Waals surface area contributed by atoms with E-state index in [0.717, 1.165) is 0 Å². The van der Waals surface area contributed by atoms with Gasteiger partial charge >= 0.3 is 0 Å². The molecule has 2 heteroatoms. The van der Waals surface area contributed by atoms with Gasteiger partial charge in [0.1, 0.15) is 0 Å². The average Bonchev–Trinajstić information content (AvgIpc) is 2.01. The van der Waals surface area contributed by atoms with Crippen LogP contribution in [0.3, 0.4) is 0 Å². The Morgan fingerprint density at radius 2 is 1.58 bits per heavy atom. The second kappa shape index (κ2) is 4.83. The van der Waals surface area contributed by atoms with Gasteiger partial charge in [-0.1, -0.05) is 13.8 Å². The topological polar surface area (TPSA) is 18.5 Å². The van der Waals surface area contributed by atoms with Crippen LogP contribution in [0, 0.1) is 0 Å². The van der Waals surface area contributed by atoms with Gasteiger partial charge in [0.15, 0.2) is 0 Å². The molecular weight excluding hydrogens is 152 g/mol. The van der Waals surface area contributed by atoms with E-state index < -0.39 is 0 Å². The third kappa shape index (κ3) is 3.55. The first-order valence-corrected chi connectivity index (χ1v) is 4.81. The Hall–Kier alpha value is -0.0800. The van der Waals surface area contributed by atoms with Gasteiger partial charge in [0, 0.05) is 0 Å². The van der Waals surface area contributed by atoms with E-state index in [4.69, 9.17) is 9.47 Å². The SMILES string of the molecule is CC.CC1OCC(C)(C)OC1C. The predicted octanol–water partition coefficient (Wildman–Crippen LogP) is 2.62. The maximum Gasteiger partial charge on any atom is 0.0864 e. The van der Waals surface area contributed by atoms with Gasteiger partial charge < -0.3 is 9.47 Å². The number of hydrogen-bond donors (Lipinski definition) is 0. The maximum atomic E-state index is 5.66. The molecule has 74 valence electrons. The third-order valence-corrected chi connectivity index (χ3v) is 1.86. The fourth-order valence-corrected chi connectivity index (χ4v) is 1.10. The number of rotatable bonds is 0. The van der Waals surface area contributed by atoms with E-state index in [0.29, 0.717) is 6.61 Å². The highest BCUT2D eigenvalue weighted by Gasteiger charge is 2.31. The Morgan fingerprint density at radius 1 is 1.08 bits per heavy atom. The smallest absolute Gasteiger partial charge is 0.0864 e. The molecule has 0 aliphatic carbocycles. The summed E-state index contributed by atoms with van der Waals surface area (Å²) in [5, 5.41) is 0. The van der Waals surface area contributed by atoms with Crippen molar-refractivity contribution in [3.05, 3.63) is 0 Å². The molecule has 0 saturated carbocycles. The molecule has 0 N–H and O–H groups in total. The summed E-state index contributed by atoms with van der Waals surface area (Å²) in [7, 11) is 0. The first kappa shape index (κ1) is 11.9. The molecule has 0 amide bonds. The lowest BCUT2D eigenvalue weighted by atomic mass is 10.1. The van der Waals surface area contributed by atoms with Gasteiger partial charge in [-0.15, -0.1) is 0 Å². The summed E-state index contributed by atoms with van der Waals surface area (Å²) < 4.78 is 11.1. The Bertz CT molecular complexity index is 121. The van der Waals surface area contributed by atoms with Crippen LogP contribution in [0.15, 0.2) is 0 Å². The molecule has 12 heavy (non-hydrogen) atoms. The summed E-state index contributed by atoms with van der Waals surface area (Å²) in [5.74, 6) is 0. The maximum absolute atomic E-state index is 5.66. The zero-order valence-electron chi connectivity index (χ0n) is 9.18. The minimum Gasteiger partial charge on any atom is -0.373 e. The fourth-order valence-electron chi connectivity index (χ4n) is 1.10. The molecule has 0 radical (unpaired) electrons. The van der Waals surface area contributed by atoms with Crippen LogP contribution in [0.5, 0.6) is 0 Å². The van der Waals surface area contributed by atoms with Gasteiger partial charge in [0.05, 0.1) is 24.4 Å². The molecule has 1 rings (SSSR count). The monoisotopic (exact) mass is 174 g/mol. The second-order valence-corrected chi connectivity index (χ2v) is 3.60. The van der Waals surface area contributed by atoms with Gasteiger partial charge in [-0.3, -0.25) is 0 Å². The molecule has 1 aliphatic heterocycles. The van der Waals surface area contributed by atoms with Crippen molar-refractivity contribution in [1.29, 1.82) is 0 Å². The summed E-state index contributed by atoms with van der Waals surface area (Å²) >= 11 is 0. The Kier molecular flexibility index (Phi) is 4.80. The van der Waals surface area contributed by atoms with Crippen molar-refractivity contribution < 1.29 is 9.47 Å². The molecule has 2 nitrogen and oxygen atoms in total. The third-order valence-electron chi connectivity index (χ3n) is 1.86. The quantitative estimate of drug-likeness (QED) is 0.562. The predicted molar refractivity (Wildman–Crippen MR) is 51.4 cm³/mol. The van der Waals surface area contributed by atoms with Crippen molar-refractivity contribution in [3.8, 4) is 0 Å². The van der Waals surface area contributed by atoms with Crippen LogP contribution in [-0.2, 0) is 9.47 Å². The molecule has 2 atom stereocenters. The van der Waals surface area contributed by atoms with Crippen LogP contribution in [0.25, 0.3) is 0 Å². The van der Waals surface area contributed by atoms with Crippen molar-refractivity contribution in [3.63, 3.8) is 0 Å². The number of hydrogen-bond acceptors (Lipinski definition) is 2. The lowest BCUT2D eigenvalue weighted by Gasteiger charge is -2.38. The molecule has 1 aliphatic rings. The summed E-state index contributed by atoms with van der Waals surface area (Å²) in [5.41, 5.74) is -0.0913. The molecule has 0 spiro atoms. The van der Waals surface area contributed by atoms with Gasteiger partial charge in [0.2, 0.25) is 0 Å². The van der Waals surface area contributed by atoms with E-state index in [1.807, 2.05) is 27.7 Å². The largest absolute Gasteiger partial charge is 0.373 e. The van der Waals surface area contributed by atoms with Crippen LogP contribution in [-0.4, -0.2) is 24.4 Å². The average molecular weight is 174 g/mol. The fraction of sp³-hybridized carbons (Fsp3) is 1.00. The standard InChI is InChI=1S/C8H16O2.C2H6/c1-6-7(2)10-8(3,4)5-9-6;1-2/h6-7H,5H2,1-4H3;1-2H3. The summed E-state index contributed by atoms with van der Waals surface area (Å²) in [6.07, 6.45) is 0.469.